The Morgan fingerprint density at radius 3 is 2.67 bits per heavy atom. The van der Waals surface area contributed by atoms with E-state index in [1.54, 1.807) is 13.2 Å². The van der Waals surface area contributed by atoms with Crippen molar-refractivity contribution in [3.63, 3.8) is 0 Å². The van der Waals surface area contributed by atoms with E-state index in [2.05, 4.69) is 10.6 Å². The number of rotatable bonds is 4. The van der Waals surface area contributed by atoms with Gasteiger partial charge in [-0.25, -0.2) is 0 Å². The number of hydrogen-bond donors (Lipinski definition) is 2. The molecule has 0 rings (SSSR count). The van der Waals surface area contributed by atoms with Crippen molar-refractivity contribution in [2.45, 2.75) is 6.92 Å². The van der Waals surface area contributed by atoms with Crippen molar-refractivity contribution in [2.24, 2.45) is 0 Å². The van der Waals surface area contributed by atoms with Crippen molar-refractivity contribution in [1.29, 1.82) is 0 Å². The zero-order valence-electron chi connectivity index (χ0n) is 5.77. The molecule has 0 bridgehead atoms. The summed E-state index contributed by atoms with van der Waals surface area (Å²) >= 11 is 0. The fraction of sp³-hybridized carbons (Fsp3) is 0.500. The largest absolute Gasteiger partial charge is 0.392 e. The van der Waals surface area contributed by atoms with Gasteiger partial charge in [0.05, 0.1) is 5.70 Å². The lowest BCUT2D eigenvalue weighted by molar-refractivity contribution is -0.105. The first-order valence-electron chi connectivity index (χ1n) is 2.91. The van der Waals surface area contributed by atoms with Crippen LogP contribution in [0.1, 0.15) is 6.92 Å². The van der Waals surface area contributed by atoms with Crippen molar-refractivity contribution >= 4 is 6.29 Å². The smallest absolute Gasteiger partial charge is 0.167 e. The Balaban J connectivity index is 3.66. The molecule has 3 nitrogen and oxygen atoms in total. The molecule has 2 N–H and O–H groups in total. The summed E-state index contributed by atoms with van der Waals surface area (Å²) in [5.74, 6) is 0. The lowest BCUT2D eigenvalue weighted by Crippen LogP contribution is -2.15. The SMILES string of the molecule is CCN/C(C=O)=C\NC. The average molecular weight is 128 g/mol. The first-order valence-corrected chi connectivity index (χ1v) is 2.91. The molecule has 9 heavy (non-hydrogen) atoms. The number of carbonyl (C=O) groups excluding carboxylic acids is 1. The summed E-state index contributed by atoms with van der Waals surface area (Å²) in [6.45, 7) is 2.71. The Kier molecular flexibility index (Phi) is 4.59. The Morgan fingerprint density at radius 1 is 1.67 bits per heavy atom. The van der Waals surface area contributed by atoms with E-state index >= 15 is 0 Å². The number of carbonyl (C=O) groups is 1. The van der Waals surface area contributed by atoms with Gasteiger partial charge in [-0.1, -0.05) is 0 Å². The fourth-order valence-corrected chi connectivity index (χ4v) is 0.486. The molecule has 0 fully saturated rings. The van der Waals surface area contributed by atoms with Crippen molar-refractivity contribution in [2.75, 3.05) is 13.6 Å². The lowest BCUT2D eigenvalue weighted by Gasteiger charge is -1.98. The molecule has 0 saturated heterocycles. The van der Waals surface area contributed by atoms with Gasteiger partial charge in [0.2, 0.25) is 0 Å². The first-order chi connectivity index (χ1) is 4.35. The maximum absolute atomic E-state index is 10.1. The van der Waals surface area contributed by atoms with Crippen LogP contribution in [0.2, 0.25) is 0 Å². The molecule has 0 aromatic heterocycles. The summed E-state index contributed by atoms with van der Waals surface area (Å²) in [6, 6.07) is 0. The third-order valence-corrected chi connectivity index (χ3v) is 0.808. The van der Waals surface area contributed by atoms with Crippen LogP contribution in [0.5, 0.6) is 0 Å². The fourth-order valence-electron chi connectivity index (χ4n) is 0.486. The summed E-state index contributed by atoms with van der Waals surface area (Å²) in [6.07, 6.45) is 2.40. The van der Waals surface area contributed by atoms with Gasteiger partial charge >= 0.3 is 0 Å². The Hall–Kier alpha value is -0.990. The summed E-state index contributed by atoms with van der Waals surface area (Å²) in [5, 5.41) is 5.61. The van der Waals surface area contributed by atoms with Crippen LogP contribution in [0.3, 0.4) is 0 Å². The van der Waals surface area contributed by atoms with Gasteiger partial charge in [0.15, 0.2) is 6.29 Å². The van der Waals surface area contributed by atoms with Gasteiger partial charge in [0.1, 0.15) is 0 Å². The van der Waals surface area contributed by atoms with Crippen LogP contribution in [0.15, 0.2) is 11.9 Å². The quantitative estimate of drug-likeness (QED) is 0.409. The molecule has 52 valence electrons. The normalized spacial score (nSPS) is 10.7. The van der Waals surface area contributed by atoms with E-state index in [0.29, 0.717) is 5.70 Å². The second-order valence-corrected chi connectivity index (χ2v) is 1.54. The van der Waals surface area contributed by atoms with Crippen molar-refractivity contribution in [3.05, 3.63) is 11.9 Å². The van der Waals surface area contributed by atoms with E-state index in [1.165, 1.54) is 0 Å². The molecule has 0 aliphatic carbocycles. The van der Waals surface area contributed by atoms with Gasteiger partial charge in [-0.2, -0.15) is 0 Å². The van der Waals surface area contributed by atoms with Crippen LogP contribution in [0.4, 0.5) is 0 Å². The molecule has 0 radical (unpaired) electrons. The predicted molar refractivity (Wildman–Crippen MR) is 36.9 cm³/mol. The van der Waals surface area contributed by atoms with Gasteiger partial charge in [-0.05, 0) is 6.92 Å². The van der Waals surface area contributed by atoms with Gasteiger partial charge in [0.25, 0.3) is 0 Å². The highest BCUT2D eigenvalue weighted by molar-refractivity contribution is 5.71. The van der Waals surface area contributed by atoms with Crippen LogP contribution < -0.4 is 10.6 Å². The first kappa shape index (κ1) is 8.01. The van der Waals surface area contributed by atoms with Crippen LogP contribution in [-0.2, 0) is 4.79 Å². The third kappa shape index (κ3) is 3.58. The van der Waals surface area contributed by atoms with E-state index in [0.717, 1.165) is 12.8 Å². The molecule has 3 heteroatoms. The van der Waals surface area contributed by atoms with Gasteiger partial charge < -0.3 is 10.6 Å². The lowest BCUT2D eigenvalue weighted by atomic mass is 10.5. The molecular formula is C6H12N2O. The van der Waals surface area contributed by atoms with Crippen LogP contribution in [-0.4, -0.2) is 19.9 Å². The molecule has 0 spiro atoms. The highest BCUT2D eigenvalue weighted by atomic mass is 16.1. The summed E-state index contributed by atoms with van der Waals surface area (Å²) < 4.78 is 0. The van der Waals surface area contributed by atoms with E-state index in [9.17, 15) is 4.79 Å². The van der Waals surface area contributed by atoms with E-state index in [4.69, 9.17) is 0 Å². The Bertz CT molecular complexity index is 110. The number of hydrogen-bond acceptors (Lipinski definition) is 3. The summed E-state index contributed by atoms with van der Waals surface area (Å²) in [4.78, 5) is 10.1. The van der Waals surface area contributed by atoms with E-state index in [1.807, 2.05) is 6.92 Å². The van der Waals surface area contributed by atoms with Gasteiger partial charge in [-0.3, -0.25) is 4.79 Å². The standard InChI is InChI=1S/C6H12N2O/c1-3-8-6(5-9)4-7-2/h4-5,7-8H,3H2,1-2H3/b6-4-. The number of allylic oxidation sites excluding steroid dienone is 1. The van der Waals surface area contributed by atoms with Crippen molar-refractivity contribution in [3.8, 4) is 0 Å². The Morgan fingerprint density at radius 2 is 2.33 bits per heavy atom. The topological polar surface area (TPSA) is 41.1 Å². The third-order valence-electron chi connectivity index (χ3n) is 0.808. The van der Waals surface area contributed by atoms with Crippen LogP contribution in [0, 0.1) is 0 Å². The molecule has 0 unspecified atom stereocenters. The molecule has 0 aromatic carbocycles. The molecule has 0 amide bonds. The van der Waals surface area contributed by atoms with E-state index in [-0.39, 0.29) is 0 Å². The zero-order valence-corrected chi connectivity index (χ0v) is 5.77. The molecule has 0 heterocycles. The predicted octanol–water partition coefficient (Wildman–Crippen LogP) is -0.144. The zero-order chi connectivity index (χ0) is 7.11. The minimum atomic E-state index is 0.583. The van der Waals surface area contributed by atoms with E-state index < -0.39 is 0 Å². The molecule has 0 aliphatic rings. The maximum Gasteiger partial charge on any atom is 0.167 e. The van der Waals surface area contributed by atoms with Gasteiger partial charge in [0, 0.05) is 19.8 Å². The number of aldehydes is 1. The highest BCUT2D eigenvalue weighted by Crippen LogP contribution is 1.76. The molecule has 0 atom stereocenters. The number of likely N-dealkylation sites (N-methyl/N-ethyl adjacent to an activating group) is 1. The molecular weight excluding hydrogens is 116 g/mol. The van der Waals surface area contributed by atoms with Gasteiger partial charge in [-0.15, -0.1) is 0 Å². The Labute approximate surface area is 55.1 Å². The molecule has 0 aromatic rings. The monoisotopic (exact) mass is 128 g/mol. The molecule has 0 aliphatic heterocycles. The minimum absolute atomic E-state index is 0.583. The summed E-state index contributed by atoms with van der Waals surface area (Å²) in [7, 11) is 1.75. The second-order valence-electron chi connectivity index (χ2n) is 1.54. The van der Waals surface area contributed by atoms with Crippen molar-refractivity contribution < 1.29 is 4.79 Å². The van der Waals surface area contributed by atoms with Crippen molar-refractivity contribution in [1.82, 2.24) is 10.6 Å². The summed E-state index contributed by atoms with van der Waals surface area (Å²) in [5.41, 5.74) is 0.583. The number of nitrogens with one attached hydrogen (secondary N) is 2. The minimum Gasteiger partial charge on any atom is -0.392 e. The average Bonchev–Trinajstić information content (AvgIpc) is 1.88. The molecule has 0 saturated carbocycles. The second kappa shape index (κ2) is 5.15. The highest BCUT2D eigenvalue weighted by Gasteiger charge is 1.86. The van der Waals surface area contributed by atoms with Crippen LogP contribution >= 0.6 is 0 Å². The maximum atomic E-state index is 10.1. The van der Waals surface area contributed by atoms with Crippen LogP contribution in [0.25, 0.3) is 0 Å².